The maximum Gasteiger partial charge on any atom is 0.230 e. The lowest BCUT2D eigenvalue weighted by Gasteiger charge is -2.11. The molecule has 0 aliphatic rings. The van der Waals surface area contributed by atoms with E-state index in [9.17, 15) is 4.79 Å². The molecule has 0 saturated heterocycles. The minimum Gasteiger partial charge on any atom is -0.495 e. The highest BCUT2D eigenvalue weighted by molar-refractivity contribution is 7.99. The smallest absolute Gasteiger partial charge is 0.230 e. The number of aromatic nitrogens is 3. The van der Waals surface area contributed by atoms with Crippen LogP contribution in [0.3, 0.4) is 0 Å². The Hall–Kier alpha value is -2.80. The van der Waals surface area contributed by atoms with Crippen LogP contribution in [0.1, 0.15) is 11.1 Å². The molecule has 0 atom stereocenters. The van der Waals surface area contributed by atoms with Gasteiger partial charge >= 0.3 is 0 Å². The lowest BCUT2D eigenvalue weighted by molar-refractivity contribution is -0.118. The summed E-state index contributed by atoms with van der Waals surface area (Å²) in [4.78, 5) is 12.2. The van der Waals surface area contributed by atoms with Crippen LogP contribution in [0.25, 0.3) is 5.69 Å². The van der Waals surface area contributed by atoms with Gasteiger partial charge in [0.25, 0.3) is 0 Å². The van der Waals surface area contributed by atoms with Gasteiger partial charge in [0.2, 0.25) is 5.91 Å². The molecule has 0 aliphatic carbocycles. The summed E-state index contributed by atoms with van der Waals surface area (Å²) in [6.45, 7) is 2.70. The molecule has 0 bridgehead atoms. The van der Waals surface area contributed by atoms with E-state index in [1.807, 2.05) is 41.0 Å². The molecule has 6 nitrogen and oxygen atoms in total. The number of rotatable bonds is 8. The highest BCUT2D eigenvalue weighted by Gasteiger charge is 2.13. The predicted molar refractivity (Wildman–Crippen MR) is 107 cm³/mol. The van der Waals surface area contributed by atoms with Crippen molar-refractivity contribution in [3.63, 3.8) is 0 Å². The first-order valence-electron chi connectivity index (χ1n) is 8.66. The Balaban J connectivity index is 1.54. The molecule has 27 heavy (non-hydrogen) atoms. The fraction of sp³-hybridized carbons (Fsp3) is 0.250. The van der Waals surface area contributed by atoms with E-state index in [-0.39, 0.29) is 11.7 Å². The molecule has 0 spiro atoms. The number of aryl methyl sites for hydroxylation is 1. The number of carbonyl (C=O) groups is 1. The molecule has 0 aliphatic heterocycles. The highest BCUT2D eigenvalue weighted by Crippen LogP contribution is 2.26. The fourth-order valence-corrected chi connectivity index (χ4v) is 3.48. The van der Waals surface area contributed by atoms with Gasteiger partial charge in [-0.15, -0.1) is 10.2 Å². The van der Waals surface area contributed by atoms with Crippen LogP contribution >= 0.6 is 11.8 Å². The van der Waals surface area contributed by atoms with E-state index in [1.54, 1.807) is 13.4 Å². The van der Waals surface area contributed by atoms with Crippen LogP contribution in [0.5, 0.6) is 5.75 Å². The second-order valence-electron chi connectivity index (χ2n) is 5.97. The number of benzene rings is 2. The number of nitrogens with one attached hydrogen (secondary N) is 1. The Labute approximate surface area is 163 Å². The maximum atomic E-state index is 12.2. The second kappa shape index (κ2) is 9.23. The minimum absolute atomic E-state index is 0.0249. The summed E-state index contributed by atoms with van der Waals surface area (Å²) < 4.78 is 7.21. The summed E-state index contributed by atoms with van der Waals surface area (Å²) in [6, 6.07) is 15.8. The van der Waals surface area contributed by atoms with E-state index in [0.717, 1.165) is 17.9 Å². The first-order valence-corrected chi connectivity index (χ1v) is 9.65. The van der Waals surface area contributed by atoms with Crippen molar-refractivity contribution in [2.24, 2.45) is 0 Å². The van der Waals surface area contributed by atoms with E-state index in [4.69, 9.17) is 4.74 Å². The number of para-hydroxylation sites is 2. The van der Waals surface area contributed by atoms with E-state index in [2.05, 4.69) is 34.6 Å². The number of nitrogens with zero attached hydrogens (tertiary/aromatic N) is 3. The number of hydrogen-bond acceptors (Lipinski definition) is 5. The Morgan fingerprint density at radius 3 is 2.78 bits per heavy atom. The summed E-state index contributed by atoms with van der Waals surface area (Å²) in [5.74, 6) is 0.978. The SMILES string of the molecule is COc1ccccc1-n1cnnc1SCC(=O)NCCc1ccccc1C. The van der Waals surface area contributed by atoms with Gasteiger partial charge in [0.05, 0.1) is 18.6 Å². The van der Waals surface area contributed by atoms with E-state index >= 15 is 0 Å². The normalized spacial score (nSPS) is 10.6. The first-order chi connectivity index (χ1) is 13.2. The van der Waals surface area contributed by atoms with E-state index in [0.29, 0.717) is 11.7 Å². The number of ether oxygens (including phenoxy) is 1. The van der Waals surface area contributed by atoms with Gasteiger partial charge in [0.15, 0.2) is 5.16 Å². The molecule has 1 heterocycles. The Bertz CT molecular complexity index is 910. The van der Waals surface area contributed by atoms with Crippen molar-refractivity contribution in [1.29, 1.82) is 0 Å². The molecule has 1 amide bonds. The molecule has 0 saturated carbocycles. The third-order valence-electron chi connectivity index (χ3n) is 4.17. The van der Waals surface area contributed by atoms with Gasteiger partial charge in [-0.25, -0.2) is 0 Å². The summed E-state index contributed by atoms with van der Waals surface area (Å²) in [7, 11) is 1.62. The van der Waals surface area contributed by atoms with Gasteiger partial charge in [-0.2, -0.15) is 0 Å². The van der Waals surface area contributed by atoms with Gasteiger partial charge in [0, 0.05) is 6.54 Å². The van der Waals surface area contributed by atoms with Crippen LogP contribution in [0.2, 0.25) is 0 Å². The van der Waals surface area contributed by atoms with Crippen molar-refractivity contribution in [3.8, 4) is 11.4 Å². The fourth-order valence-electron chi connectivity index (χ4n) is 2.73. The van der Waals surface area contributed by atoms with Crippen molar-refractivity contribution >= 4 is 17.7 Å². The molecule has 3 aromatic rings. The van der Waals surface area contributed by atoms with Crippen molar-refractivity contribution < 1.29 is 9.53 Å². The van der Waals surface area contributed by atoms with Gasteiger partial charge in [-0.3, -0.25) is 9.36 Å². The Kier molecular flexibility index (Phi) is 6.49. The molecule has 140 valence electrons. The average molecular weight is 382 g/mol. The van der Waals surface area contributed by atoms with Crippen LogP contribution < -0.4 is 10.1 Å². The lowest BCUT2D eigenvalue weighted by Crippen LogP contribution is -2.27. The number of thioether (sulfide) groups is 1. The Morgan fingerprint density at radius 1 is 1.19 bits per heavy atom. The second-order valence-corrected chi connectivity index (χ2v) is 6.91. The summed E-state index contributed by atoms with van der Waals surface area (Å²) in [6.07, 6.45) is 2.44. The van der Waals surface area contributed by atoms with Crippen molar-refractivity contribution in [2.45, 2.75) is 18.5 Å². The van der Waals surface area contributed by atoms with Gasteiger partial charge in [0.1, 0.15) is 12.1 Å². The van der Waals surface area contributed by atoms with Crippen molar-refractivity contribution in [2.75, 3.05) is 19.4 Å². The monoisotopic (exact) mass is 382 g/mol. The maximum absolute atomic E-state index is 12.2. The Morgan fingerprint density at radius 2 is 1.96 bits per heavy atom. The average Bonchev–Trinajstić information content (AvgIpc) is 3.16. The molecule has 2 aromatic carbocycles. The van der Waals surface area contributed by atoms with Crippen LogP contribution in [0.4, 0.5) is 0 Å². The van der Waals surface area contributed by atoms with Gasteiger partial charge in [-0.05, 0) is 36.6 Å². The summed E-state index contributed by atoms with van der Waals surface area (Å²) >= 11 is 1.35. The van der Waals surface area contributed by atoms with Gasteiger partial charge < -0.3 is 10.1 Å². The number of hydrogen-bond donors (Lipinski definition) is 1. The third kappa shape index (κ3) is 4.89. The zero-order valence-electron chi connectivity index (χ0n) is 15.4. The van der Waals surface area contributed by atoms with Crippen molar-refractivity contribution in [1.82, 2.24) is 20.1 Å². The molecule has 0 unspecified atom stereocenters. The van der Waals surface area contributed by atoms with Crippen molar-refractivity contribution in [3.05, 3.63) is 66.0 Å². The molecular formula is C20H22N4O2S. The van der Waals surface area contributed by atoms with Crippen LogP contribution in [0.15, 0.2) is 60.0 Å². The standard InChI is InChI=1S/C20H22N4O2S/c1-15-7-3-4-8-16(15)11-12-21-19(25)13-27-20-23-22-14-24(20)17-9-5-6-10-18(17)26-2/h3-10,14H,11-13H2,1-2H3,(H,21,25). The topological polar surface area (TPSA) is 69.0 Å². The van der Waals surface area contributed by atoms with Crippen LogP contribution in [-0.4, -0.2) is 40.1 Å². The molecule has 0 fully saturated rings. The molecule has 3 rings (SSSR count). The third-order valence-corrected chi connectivity index (χ3v) is 5.11. The largest absolute Gasteiger partial charge is 0.495 e. The molecule has 1 N–H and O–H groups in total. The zero-order valence-corrected chi connectivity index (χ0v) is 16.2. The van der Waals surface area contributed by atoms with E-state index in [1.165, 1.54) is 22.9 Å². The minimum atomic E-state index is -0.0249. The quantitative estimate of drug-likeness (QED) is 0.607. The lowest BCUT2D eigenvalue weighted by atomic mass is 10.1. The molecule has 1 aromatic heterocycles. The summed E-state index contributed by atoms with van der Waals surface area (Å²) in [5.41, 5.74) is 3.33. The number of methoxy groups -OCH3 is 1. The first kappa shape index (κ1) is 19.0. The molecular weight excluding hydrogens is 360 g/mol. The highest BCUT2D eigenvalue weighted by atomic mass is 32.2. The van der Waals surface area contributed by atoms with E-state index < -0.39 is 0 Å². The molecule has 0 radical (unpaired) electrons. The summed E-state index contributed by atoms with van der Waals surface area (Å²) in [5, 5.41) is 11.7. The molecule has 7 heteroatoms. The number of amides is 1. The van der Waals surface area contributed by atoms with Crippen LogP contribution in [-0.2, 0) is 11.2 Å². The predicted octanol–water partition coefficient (Wildman–Crippen LogP) is 3.04. The zero-order chi connectivity index (χ0) is 19.1. The number of carbonyl (C=O) groups excluding carboxylic acids is 1. The van der Waals surface area contributed by atoms with Crippen LogP contribution in [0, 0.1) is 6.92 Å². The van der Waals surface area contributed by atoms with Gasteiger partial charge in [-0.1, -0.05) is 48.2 Å².